The van der Waals surface area contributed by atoms with Crippen molar-refractivity contribution in [1.29, 1.82) is 0 Å². The van der Waals surface area contributed by atoms with Crippen molar-refractivity contribution in [3.63, 3.8) is 0 Å². The molecule has 0 radical (unpaired) electrons. The lowest BCUT2D eigenvalue weighted by atomic mass is 9.93. The minimum atomic E-state index is -5.09. The summed E-state index contributed by atoms with van der Waals surface area (Å²) >= 11 is 0. The van der Waals surface area contributed by atoms with E-state index in [0.29, 0.717) is 0 Å². The molecular formula is C16H15F4NO3S. The number of hydrogen-bond acceptors (Lipinski definition) is 3. The fourth-order valence-electron chi connectivity index (χ4n) is 2.15. The van der Waals surface area contributed by atoms with Gasteiger partial charge in [-0.1, -0.05) is 42.5 Å². The Morgan fingerprint density at radius 1 is 0.960 bits per heavy atom. The maximum absolute atomic E-state index is 13.3. The number of alkyl halides is 3. The lowest BCUT2D eigenvalue weighted by Crippen LogP contribution is -2.51. The second-order valence-electron chi connectivity index (χ2n) is 5.43. The molecule has 136 valence electrons. The van der Waals surface area contributed by atoms with Gasteiger partial charge in [-0.05, 0) is 23.3 Å². The molecule has 0 unspecified atom stereocenters. The zero-order chi connectivity index (χ0) is 18.7. The summed E-state index contributed by atoms with van der Waals surface area (Å²) in [4.78, 5) is 0. The molecular weight excluding hydrogens is 362 g/mol. The first kappa shape index (κ1) is 19.4. The highest BCUT2D eigenvalue weighted by molar-refractivity contribution is 7.88. The third-order valence-electron chi connectivity index (χ3n) is 3.54. The van der Waals surface area contributed by atoms with Crippen molar-refractivity contribution < 1.29 is 31.1 Å². The topological polar surface area (TPSA) is 66.4 Å². The van der Waals surface area contributed by atoms with E-state index in [2.05, 4.69) is 0 Å². The summed E-state index contributed by atoms with van der Waals surface area (Å²) in [5.74, 6) is -1.21. The van der Waals surface area contributed by atoms with Gasteiger partial charge in [0.25, 0.3) is 0 Å². The molecule has 2 aromatic carbocycles. The van der Waals surface area contributed by atoms with Crippen LogP contribution in [0.15, 0.2) is 54.6 Å². The zero-order valence-corrected chi connectivity index (χ0v) is 13.6. The Morgan fingerprint density at radius 3 is 2.04 bits per heavy atom. The maximum atomic E-state index is 13.3. The summed E-state index contributed by atoms with van der Waals surface area (Å²) in [6.45, 7) is -1.27. The Balaban J connectivity index is 2.19. The van der Waals surface area contributed by atoms with Crippen LogP contribution in [0.2, 0.25) is 0 Å². The van der Waals surface area contributed by atoms with Crippen molar-refractivity contribution in [2.75, 3.05) is 6.54 Å². The third-order valence-corrected chi connectivity index (χ3v) is 4.84. The van der Waals surface area contributed by atoms with Crippen molar-refractivity contribution in [1.82, 2.24) is 4.72 Å². The van der Waals surface area contributed by atoms with Gasteiger partial charge in [0, 0.05) is 0 Å². The summed E-state index contributed by atoms with van der Waals surface area (Å²) in [6, 6.07) is 10.7. The minimum absolute atomic E-state index is 0.198. The Morgan fingerprint density at radius 2 is 1.52 bits per heavy atom. The first-order chi connectivity index (χ1) is 11.5. The second-order valence-corrected chi connectivity index (χ2v) is 7.24. The van der Waals surface area contributed by atoms with Crippen molar-refractivity contribution in [2.45, 2.75) is 17.5 Å². The molecule has 0 saturated heterocycles. The Bertz CT molecular complexity index is 808. The summed E-state index contributed by atoms with van der Waals surface area (Å²) in [6.07, 6.45) is -5.09. The first-order valence-electron chi connectivity index (χ1n) is 7.10. The molecule has 2 N–H and O–H groups in total. The van der Waals surface area contributed by atoms with Gasteiger partial charge in [-0.25, -0.2) is 17.5 Å². The molecule has 2 rings (SSSR count). The highest BCUT2D eigenvalue weighted by Gasteiger charge is 2.55. The normalized spacial score (nSPS) is 14.9. The van der Waals surface area contributed by atoms with Crippen LogP contribution in [-0.2, 0) is 21.4 Å². The minimum Gasteiger partial charge on any atom is -0.375 e. The van der Waals surface area contributed by atoms with Gasteiger partial charge in [-0.15, -0.1) is 0 Å². The predicted octanol–water partition coefficient (Wildman–Crippen LogP) is 2.70. The highest BCUT2D eigenvalue weighted by Crippen LogP contribution is 2.38. The van der Waals surface area contributed by atoms with E-state index >= 15 is 0 Å². The lowest BCUT2D eigenvalue weighted by Gasteiger charge is -2.31. The van der Waals surface area contributed by atoms with E-state index in [4.69, 9.17) is 0 Å². The smallest absolute Gasteiger partial charge is 0.375 e. The van der Waals surface area contributed by atoms with Gasteiger partial charge in [0.15, 0.2) is 5.60 Å². The van der Waals surface area contributed by atoms with Crippen LogP contribution in [0.3, 0.4) is 0 Å². The molecule has 25 heavy (non-hydrogen) atoms. The Labute approximate surface area is 142 Å². The maximum Gasteiger partial charge on any atom is 0.422 e. The molecule has 0 heterocycles. The number of benzene rings is 2. The van der Waals surface area contributed by atoms with Crippen LogP contribution in [0.25, 0.3) is 0 Å². The molecule has 0 aliphatic rings. The van der Waals surface area contributed by atoms with Crippen LogP contribution in [-0.4, -0.2) is 26.2 Å². The zero-order valence-electron chi connectivity index (χ0n) is 12.8. The van der Waals surface area contributed by atoms with Gasteiger partial charge in [-0.2, -0.15) is 13.2 Å². The number of sulfonamides is 1. The van der Waals surface area contributed by atoms with E-state index in [1.54, 1.807) is 4.72 Å². The number of aliphatic hydroxyl groups is 1. The van der Waals surface area contributed by atoms with Crippen molar-refractivity contribution in [2.24, 2.45) is 0 Å². The fourth-order valence-corrected chi connectivity index (χ4v) is 3.31. The van der Waals surface area contributed by atoms with Gasteiger partial charge < -0.3 is 5.11 Å². The van der Waals surface area contributed by atoms with Crippen molar-refractivity contribution >= 4 is 10.0 Å². The van der Waals surface area contributed by atoms with E-state index in [0.717, 1.165) is 24.3 Å². The SMILES string of the molecule is O=S(=O)(Cc1ccc(F)cc1)NC[C@](O)(c1ccccc1)C(F)(F)F. The van der Waals surface area contributed by atoms with Crippen molar-refractivity contribution in [3.8, 4) is 0 Å². The van der Waals surface area contributed by atoms with Crippen LogP contribution in [0.4, 0.5) is 17.6 Å². The summed E-state index contributed by atoms with van der Waals surface area (Å²) in [5.41, 5.74) is -3.65. The standard InChI is InChI=1S/C16H15F4NO3S/c17-14-8-6-12(7-9-14)10-25(23,24)21-11-15(22,16(18,19)20)13-4-2-1-3-5-13/h1-9,21-22H,10-11H2/t15-/m0/s1. The molecule has 2 aromatic rings. The molecule has 0 saturated carbocycles. The molecule has 0 fully saturated rings. The van der Waals surface area contributed by atoms with Crippen LogP contribution in [0, 0.1) is 5.82 Å². The van der Waals surface area contributed by atoms with Gasteiger partial charge in [0.1, 0.15) is 5.82 Å². The molecule has 0 amide bonds. The van der Waals surface area contributed by atoms with Crippen LogP contribution < -0.4 is 4.72 Å². The quantitative estimate of drug-likeness (QED) is 0.761. The largest absolute Gasteiger partial charge is 0.422 e. The van der Waals surface area contributed by atoms with Crippen LogP contribution in [0.1, 0.15) is 11.1 Å². The number of nitrogens with one attached hydrogen (secondary N) is 1. The summed E-state index contributed by atoms with van der Waals surface area (Å²) < 4.78 is 78.5. The van der Waals surface area contributed by atoms with E-state index in [1.165, 1.54) is 30.3 Å². The molecule has 0 spiro atoms. The molecule has 0 aromatic heterocycles. The predicted molar refractivity (Wildman–Crippen MR) is 83.4 cm³/mol. The van der Waals surface area contributed by atoms with E-state index < -0.39 is 45.5 Å². The molecule has 0 bridgehead atoms. The highest BCUT2D eigenvalue weighted by atomic mass is 32.2. The Hall–Kier alpha value is -1.97. The average molecular weight is 377 g/mol. The van der Waals surface area contributed by atoms with Crippen LogP contribution >= 0.6 is 0 Å². The number of halogens is 4. The molecule has 1 atom stereocenters. The summed E-state index contributed by atoms with van der Waals surface area (Å²) in [5, 5.41) is 10.1. The van der Waals surface area contributed by atoms with Gasteiger partial charge in [0.2, 0.25) is 10.0 Å². The number of hydrogen-bond donors (Lipinski definition) is 2. The number of rotatable bonds is 6. The fraction of sp³-hybridized carbons (Fsp3) is 0.250. The lowest BCUT2D eigenvalue weighted by molar-refractivity contribution is -0.263. The van der Waals surface area contributed by atoms with Crippen LogP contribution in [0.5, 0.6) is 0 Å². The molecule has 9 heteroatoms. The van der Waals surface area contributed by atoms with Gasteiger partial charge in [0.05, 0.1) is 12.3 Å². The molecule has 4 nitrogen and oxygen atoms in total. The Kier molecular flexibility index (Phi) is 5.50. The van der Waals surface area contributed by atoms with E-state index in [-0.39, 0.29) is 5.56 Å². The van der Waals surface area contributed by atoms with E-state index in [1.807, 2.05) is 0 Å². The average Bonchev–Trinajstić information content (AvgIpc) is 2.54. The molecule has 0 aliphatic carbocycles. The van der Waals surface area contributed by atoms with Gasteiger partial charge in [-0.3, -0.25) is 0 Å². The van der Waals surface area contributed by atoms with E-state index in [9.17, 15) is 31.1 Å². The monoisotopic (exact) mass is 377 g/mol. The third kappa shape index (κ3) is 4.77. The van der Waals surface area contributed by atoms with Crippen molar-refractivity contribution in [3.05, 3.63) is 71.5 Å². The second kappa shape index (κ2) is 7.11. The molecule has 0 aliphatic heterocycles. The summed E-state index contributed by atoms with van der Waals surface area (Å²) in [7, 11) is -4.18. The van der Waals surface area contributed by atoms with Gasteiger partial charge >= 0.3 is 6.18 Å². The first-order valence-corrected chi connectivity index (χ1v) is 8.75.